The number of nitrogens with zero attached hydrogens (tertiary/aromatic N) is 2. The molecule has 0 bridgehead atoms. The Bertz CT molecular complexity index is 343. The van der Waals surface area contributed by atoms with Crippen LogP contribution in [0.15, 0.2) is 18.5 Å². The number of hydrogen-bond donors (Lipinski definition) is 0. The number of hydrogen-bond acceptors (Lipinski definition) is 2. The van der Waals surface area contributed by atoms with Gasteiger partial charge in [0, 0.05) is 23.7 Å². The molecule has 2 rings (SSSR count). The van der Waals surface area contributed by atoms with E-state index in [1.54, 1.807) is 0 Å². The maximum Gasteiger partial charge on any atom is 0.150 e. The van der Waals surface area contributed by atoms with Crippen LogP contribution in [0.25, 0.3) is 6.08 Å². The van der Waals surface area contributed by atoms with Crippen molar-refractivity contribution in [3.8, 4) is 0 Å². The van der Waals surface area contributed by atoms with E-state index < -0.39 is 0 Å². The third-order valence-corrected chi connectivity index (χ3v) is 3.12. The van der Waals surface area contributed by atoms with Gasteiger partial charge in [-0.1, -0.05) is 28.1 Å². The second-order valence-electron chi connectivity index (χ2n) is 3.95. The van der Waals surface area contributed by atoms with Gasteiger partial charge in [0.05, 0.1) is 6.20 Å². The molecule has 0 unspecified atom stereocenters. The van der Waals surface area contributed by atoms with Crippen molar-refractivity contribution in [3.05, 3.63) is 24.0 Å². The molecule has 1 aliphatic rings. The molecule has 88 valence electrons. The first-order chi connectivity index (χ1) is 7.90. The number of rotatable bonds is 4. The summed E-state index contributed by atoms with van der Waals surface area (Å²) in [5.41, 5.74) is 1.15. The molecule has 0 aliphatic carbocycles. The Labute approximate surface area is 105 Å². The van der Waals surface area contributed by atoms with Crippen LogP contribution in [0.3, 0.4) is 0 Å². The van der Waals surface area contributed by atoms with Crippen LogP contribution in [-0.2, 0) is 4.74 Å². The van der Waals surface area contributed by atoms with E-state index in [1.807, 2.05) is 10.9 Å². The van der Waals surface area contributed by atoms with Crippen LogP contribution in [0.5, 0.6) is 0 Å². The van der Waals surface area contributed by atoms with Gasteiger partial charge in [-0.25, -0.2) is 4.68 Å². The highest BCUT2D eigenvalue weighted by Crippen LogP contribution is 2.22. The lowest BCUT2D eigenvalue weighted by molar-refractivity contribution is -0.0394. The molecule has 0 spiro atoms. The molecule has 1 fully saturated rings. The fraction of sp³-hybridized carbons (Fsp3) is 0.583. The van der Waals surface area contributed by atoms with Gasteiger partial charge < -0.3 is 4.74 Å². The second-order valence-corrected chi connectivity index (χ2v) is 4.75. The molecule has 1 aliphatic heterocycles. The minimum absolute atomic E-state index is 0.145. The van der Waals surface area contributed by atoms with Crippen molar-refractivity contribution in [1.82, 2.24) is 9.78 Å². The number of ether oxygens (including phenoxy) is 1. The van der Waals surface area contributed by atoms with Crippen molar-refractivity contribution >= 4 is 22.0 Å². The lowest BCUT2D eigenvalue weighted by atomic mass is 10.2. The van der Waals surface area contributed by atoms with Gasteiger partial charge in [-0.15, -0.1) is 0 Å². The zero-order valence-electron chi connectivity index (χ0n) is 9.31. The zero-order valence-corrected chi connectivity index (χ0v) is 10.9. The molecule has 0 aromatic carbocycles. The zero-order chi connectivity index (χ0) is 11.2. The minimum Gasteiger partial charge on any atom is -0.357 e. The van der Waals surface area contributed by atoms with Crippen LogP contribution < -0.4 is 0 Å². The summed E-state index contributed by atoms with van der Waals surface area (Å²) in [7, 11) is 0. The van der Waals surface area contributed by atoms with E-state index in [1.165, 1.54) is 12.8 Å². The Hall–Kier alpha value is -0.610. The number of allylic oxidation sites excluding steroid dienone is 1. The maximum atomic E-state index is 5.67. The molecule has 0 saturated carbocycles. The molecule has 3 nitrogen and oxygen atoms in total. The van der Waals surface area contributed by atoms with E-state index in [9.17, 15) is 0 Å². The lowest BCUT2D eigenvalue weighted by Crippen LogP contribution is -2.18. The molecule has 0 radical (unpaired) electrons. The minimum atomic E-state index is 0.145. The first-order valence-corrected chi connectivity index (χ1v) is 6.90. The molecular formula is C12H17BrN2O. The SMILES string of the molecule is BrCCC=Cc1cnn([C@@H]2CCCCO2)c1. The Morgan fingerprint density at radius 2 is 2.50 bits per heavy atom. The van der Waals surface area contributed by atoms with Crippen molar-refractivity contribution in [2.24, 2.45) is 0 Å². The van der Waals surface area contributed by atoms with Crippen molar-refractivity contribution in [1.29, 1.82) is 0 Å². The van der Waals surface area contributed by atoms with Crippen molar-refractivity contribution in [2.45, 2.75) is 31.9 Å². The molecule has 16 heavy (non-hydrogen) atoms. The predicted octanol–water partition coefficient (Wildman–Crippen LogP) is 3.38. The summed E-state index contributed by atoms with van der Waals surface area (Å²) in [5, 5.41) is 5.35. The number of aromatic nitrogens is 2. The smallest absolute Gasteiger partial charge is 0.150 e. The summed E-state index contributed by atoms with van der Waals surface area (Å²) in [6.45, 7) is 0.860. The van der Waals surface area contributed by atoms with Crippen molar-refractivity contribution in [2.75, 3.05) is 11.9 Å². The molecular weight excluding hydrogens is 268 g/mol. The van der Waals surface area contributed by atoms with Crippen LogP contribution in [0.1, 0.15) is 37.5 Å². The molecule has 1 atom stereocenters. The molecule has 1 aromatic rings. The fourth-order valence-electron chi connectivity index (χ4n) is 1.81. The topological polar surface area (TPSA) is 27.1 Å². The maximum absolute atomic E-state index is 5.67. The van der Waals surface area contributed by atoms with E-state index in [2.05, 4.69) is 39.4 Å². The van der Waals surface area contributed by atoms with Crippen LogP contribution in [0, 0.1) is 0 Å². The van der Waals surface area contributed by atoms with Gasteiger partial charge in [-0.05, 0) is 25.7 Å². The van der Waals surface area contributed by atoms with Crippen molar-refractivity contribution in [3.63, 3.8) is 0 Å². The quantitative estimate of drug-likeness (QED) is 0.793. The van der Waals surface area contributed by atoms with E-state index >= 15 is 0 Å². The molecule has 0 N–H and O–H groups in total. The lowest BCUT2D eigenvalue weighted by Gasteiger charge is -2.22. The largest absolute Gasteiger partial charge is 0.357 e. The molecule has 4 heteroatoms. The standard InChI is InChI=1S/C12H17BrN2O/c13-7-3-1-5-11-9-14-15(10-11)12-6-2-4-8-16-12/h1,5,9-10,12H,2-4,6-8H2/t12-/m0/s1. The fourth-order valence-corrected chi connectivity index (χ4v) is 2.08. The average molecular weight is 285 g/mol. The summed E-state index contributed by atoms with van der Waals surface area (Å²) in [6.07, 6.45) is 12.9. The molecule has 1 saturated heterocycles. The Kier molecular flexibility index (Phi) is 4.60. The second kappa shape index (κ2) is 6.21. The van der Waals surface area contributed by atoms with Gasteiger partial charge in [0.25, 0.3) is 0 Å². The van der Waals surface area contributed by atoms with Gasteiger partial charge in [-0.3, -0.25) is 0 Å². The Morgan fingerprint density at radius 3 is 3.25 bits per heavy atom. The van der Waals surface area contributed by atoms with E-state index in [-0.39, 0.29) is 6.23 Å². The van der Waals surface area contributed by atoms with Gasteiger partial charge in [0.2, 0.25) is 0 Å². The van der Waals surface area contributed by atoms with Gasteiger partial charge in [-0.2, -0.15) is 5.10 Å². The summed E-state index contributed by atoms with van der Waals surface area (Å²) in [5.74, 6) is 0. The first-order valence-electron chi connectivity index (χ1n) is 5.78. The predicted molar refractivity (Wildman–Crippen MR) is 68.5 cm³/mol. The summed E-state index contributed by atoms with van der Waals surface area (Å²) in [4.78, 5) is 0. The van der Waals surface area contributed by atoms with Gasteiger partial charge in [0.15, 0.2) is 0 Å². The van der Waals surface area contributed by atoms with E-state index in [0.717, 1.165) is 30.3 Å². The van der Waals surface area contributed by atoms with Crippen LogP contribution in [-0.4, -0.2) is 21.7 Å². The Morgan fingerprint density at radius 1 is 1.56 bits per heavy atom. The highest BCUT2D eigenvalue weighted by Gasteiger charge is 2.15. The van der Waals surface area contributed by atoms with E-state index in [0.29, 0.717) is 0 Å². The molecule has 1 aromatic heterocycles. The third kappa shape index (κ3) is 3.19. The first kappa shape index (κ1) is 11.9. The van der Waals surface area contributed by atoms with E-state index in [4.69, 9.17) is 4.74 Å². The summed E-state index contributed by atoms with van der Waals surface area (Å²) >= 11 is 3.40. The van der Waals surface area contributed by atoms with Gasteiger partial charge >= 0.3 is 0 Å². The third-order valence-electron chi connectivity index (χ3n) is 2.66. The summed E-state index contributed by atoms with van der Waals surface area (Å²) in [6, 6.07) is 0. The average Bonchev–Trinajstić information content (AvgIpc) is 2.79. The van der Waals surface area contributed by atoms with Crippen LogP contribution >= 0.6 is 15.9 Å². The van der Waals surface area contributed by atoms with Crippen LogP contribution in [0.4, 0.5) is 0 Å². The van der Waals surface area contributed by atoms with Crippen LogP contribution in [0.2, 0.25) is 0 Å². The van der Waals surface area contributed by atoms with Crippen molar-refractivity contribution < 1.29 is 4.74 Å². The monoisotopic (exact) mass is 284 g/mol. The number of alkyl halides is 1. The Balaban J connectivity index is 1.95. The highest BCUT2D eigenvalue weighted by atomic mass is 79.9. The molecule has 0 amide bonds. The molecule has 2 heterocycles. The summed E-state index contributed by atoms with van der Waals surface area (Å²) < 4.78 is 7.61. The number of halogens is 1. The highest BCUT2D eigenvalue weighted by molar-refractivity contribution is 9.09. The normalized spacial score (nSPS) is 21.7. The van der Waals surface area contributed by atoms with Gasteiger partial charge in [0.1, 0.15) is 6.23 Å².